The molecule has 7 heteroatoms. The maximum atomic E-state index is 12.1. The Bertz CT molecular complexity index is 808. The van der Waals surface area contributed by atoms with Crippen LogP contribution in [-0.2, 0) is 11.2 Å². The van der Waals surface area contributed by atoms with Crippen LogP contribution in [0.15, 0.2) is 40.9 Å². The molecule has 0 aromatic heterocycles. The van der Waals surface area contributed by atoms with Crippen molar-refractivity contribution in [3.8, 4) is 5.75 Å². The first-order chi connectivity index (χ1) is 12.4. The first kappa shape index (κ1) is 19.9. The number of anilines is 1. The predicted molar refractivity (Wildman–Crippen MR) is 105 cm³/mol. The van der Waals surface area contributed by atoms with Gasteiger partial charge in [0, 0.05) is 16.6 Å². The second-order valence-corrected chi connectivity index (χ2v) is 6.82. The number of hydrogen-bond acceptors (Lipinski definition) is 4. The fourth-order valence-corrected chi connectivity index (χ4v) is 2.96. The molecule has 0 saturated heterocycles. The fourth-order valence-electron chi connectivity index (χ4n) is 2.44. The summed E-state index contributed by atoms with van der Waals surface area (Å²) < 4.78 is 6.30. The van der Waals surface area contributed by atoms with Crippen molar-refractivity contribution in [2.45, 2.75) is 33.1 Å². The molecule has 0 atom stereocenters. The van der Waals surface area contributed by atoms with E-state index in [1.165, 1.54) is 23.8 Å². The molecule has 138 valence electrons. The number of nitro groups is 1. The summed E-state index contributed by atoms with van der Waals surface area (Å²) >= 11 is 3.48. The SMILES string of the molecule is CCCCc1ccc(NC(=O)COc2ccc([N+](=O)[O-])cc2C)c(Br)c1. The van der Waals surface area contributed by atoms with Crippen LogP contribution in [0.4, 0.5) is 11.4 Å². The van der Waals surface area contributed by atoms with Crippen LogP contribution in [0.3, 0.4) is 0 Å². The molecule has 0 fully saturated rings. The Balaban J connectivity index is 1.94. The standard InChI is InChI=1S/C19H21BrN2O4/c1-3-4-5-14-6-8-17(16(20)11-14)21-19(23)12-26-18-9-7-15(22(24)25)10-13(18)2/h6-11H,3-5,12H2,1-2H3,(H,21,23). The number of nitro benzene ring substituents is 1. The maximum absolute atomic E-state index is 12.1. The Labute approximate surface area is 160 Å². The van der Waals surface area contributed by atoms with Crippen molar-refractivity contribution in [2.75, 3.05) is 11.9 Å². The lowest BCUT2D eigenvalue weighted by Crippen LogP contribution is -2.20. The van der Waals surface area contributed by atoms with Gasteiger partial charge >= 0.3 is 0 Å². The summed E-state index contributed by atoms with van der Waals surface area (Å²) in [5, 5.41) is 13.5. The Hall–Kier alpha value is -2.41. The van der Waals surface area contributed by atoms with E-state index in [1.807, 2.05) is 18.2 Å². The summed E-state index contributed by atoms with van der Waals surface area (Å²) in [6, 6.07) is 10.1. The first-order valence-corrected chi connectivity index (χ1v) is 9.16. The Morgan fingerprint density at radius 2 is 2.04 bits per heavy atom. The molecule has 0 unspecified atom stereocenters. The fraction of sp³-hybridized carbons (Fsp3) is 0.316. The molecule has 1 N–H and O–H groups in total. The number of halogens is 1. The highest BCUT2D eigenvalue weighted by atomic mass is 79.9. The van der Waals surface area contributed by atoms with Crippen LogP contribution in [0.2, 0.25) is 0 Å². The van der Waals surface area contributed by atoms with Crippen molar-refractivity contribution in [3.63, 3.8) is 0 Å². The highest BCUT2D eigenvalue weighted by Gasteiger charge is 2.11. The van der Waals surface area contributed by atoms with E-state index in [-0.39, 0.29) is 18.2 Å². The van der Waals surface area contributed by atoms with E-state index in [0.29, 0.717) is 17.0 Å². The molecule has 2 rings (SSSR count). The predicted octanol–water partition coefficient (Wildman–Crippen LogP) is 5.03. The van der Waals surface area contributed by atoms with Crippen LogP contribution in [0.5, 0.6) is 5.75 Å². The quantitative estimate of drug-likeness (QED) is 0.479. The van der Waals surface area contributed by atoms with E-state index >= 15 is 0 Å². The van der Waals surface area contributed by atoms with E-state index in [0.717, 1.165) is 23.7 Å². The molecule has 0 radical (unpaired) electrons. The van der Waals surface area contributed by atoms with Crippen molar-refractivity contribution in [1.82, 2.24) is 0 Å². The van der Waals surface area contributed by atoms with Gasteiger partial charge in [0.15, 0.2) is 6.61 Å². The number of unbranched alkanes of at least 4 members (excludes halogenated alkanes) is 1. The number of carbonyl (C=O) groups excluding carboxylic acids is 1. The van der Waals surface area contributed by atoms with Gasteiger partial charge in [0.05, 0.1) is 10.6 Å². The van der Waals surface area contributed by atoms with E-state index in [9.17, 15) is 14.9 Å². The molecule has 1 amide bonds. The van der Waals surface area contributed by atoms with Gasteiger partial charge in [0.1, 0.15) is 5.75 Å². The summed E-state index contributed by atoms with van der Waals surface area (Å²) in [4.78, 5) is 22.4. The van der Waals surface area contributed by atoms with Gasteiger partial charge in [-0.3, -0.25) is 14.9 Å². The number of benzene rings is 2. The van der Waals surface area contributed by atoms with Crippen molar-refractivity contribution in [2.24, 2.45) is 0 Å². The molecule has 0 aliphatic carbocycles. The lowest BCUT2D eigenvalue weighted by Gasteiger charge is -2.11. The van der Waals surface area contributed by atoms with Gasteiger partial charge in [-0.2, -0.15) is 0 Å². The maximum Gasteiger partial charge on any atom is 0.269 e. The Kier molecular flexibility index (Phi) is 7.15. The van der Waals surface area contributed by atoms with Crippen molar-refractivity contribution in [3.05, 3.63) is 62.1 Å². The van der Waals surface area contributed by atoms with Gasteiger partial charge in [-0.1, -0.05) is 19.4 Å². The molecular formula is C19H21BrN2O4. The number of carbonyl (C=O) groups is 1. The average Bonchev–Trinajstić information content (AvgIpc) is 2.60. The topological polar surface area (TPSA) is 81.5 Å². The summed E-state index contributed by atoms with van der Waals surface area (Å²) in [6.45, 7) is 3.67. The van der Waals surface area contributed by atoms with Crippen LogP contribution in [0.1, 0.15) is 30.9 Å². The number of nitrogens with one attached hydrogen (secondary N) is 1. The Morgan fingerprint density at radius 3 is 2.65 bits per heavy atom. The molecule has 0 heterocycles. The highest BCUT2D eigenvalue weighted by Crippen LogP contribution is 2.25. The molecule has 0 aliphatic heterocycles. The zero-order valence-electron chi connectivity index (χ0n) is 14.8. The molecular weight excluding hydrogens is 400 g/mol. The molecule has 6 nitrogen and oxygen atoms in total. The third-order valence-electron chi connectivity index (χ3n) is 3.85. The second kappa shape index (κ2) is 9.33. The van der Waals surface area contributed by atoms with E-state index < -0.39 is 4.92 Å². The van der Waals surface area contributed by atoms with Gasteiger partial charge in [0.25, 0.3) is 11.6 Å². The van der Waals surface area contributed by atoms with Crippen molar-refractivity contribution >= 4 is 33.2 Å². The monoisotopic (exact) mass is 420 g/mol. The van der Waals surface area contributed by atoms with Gasteiger partial charge in [0.2, 0.25) is 0 Å². The second-order valence-electron chi connectivity index (χ2n) is 5.96. The number of hydrogen-bond donors (Lipinski definition) is 1. The Morgan fingerprint density at radius 1 is 1.27 bits per heavy atom. The average molecular weight is 421 g/mol. The number of ether oxygens (including phenoxy) is 1. The van der Waals surface area contributed by atoms with Crippen LogP contribution >= 0.6 is 15.9 Å². The van der Waals surface area contributed by atoms with E-state index in [4.69, 9.17) is 4.74 Å². The third kappa shape index (κ3) is 5.56. The molecule has 0 bridgehead atoms. The normalized spacial score (nSPS) is 10.4. The largest absolute Gasteiger partial charge is 0.483 e. The van der Waals surface area contributed by atoms with Gasteiger partial charge in [-0.05, 0) is 65.0 Å². The molecule has 0 saturated carbocycles. The van der Waals surface area contributed by atoms with Crippen LogP contribution < -0.4 is 10.1 Å². The molecule has 2 aromatic rings. The van der Waals surface area contributed by atoms with Crippen molar-refractivity contribution in [1.29, 1.82) is 0 Å². The van der Waals surface area contributed by atoms with Gasteiger partial charge < -0.3 is 10.1 Å². The number of rotatable bonds is 8. The summed E-state index contributed by atoms with van der Waals surface area (Å²) in [5.74, 6) is 0.143. The summed E-state index contributed by atoms with van der Waals surface area (Å²) in [7, 11) is 0. The number of amides is 1. The van der Waals surface area contributed by atoms with Crippen LogP contribution in [-0.4, -0.2) is 17.4 Å². The molecule has 0 aliphatic rings. The molecule has 2 aromatic carbocycles. The lowest BCUT2D eigenvalue weighted by molar-refractivity contribution is -0.384. The minimum Gasteiger partial charge on any atom is -0.483 e. The number of nitrogens with zero attached hydrogens (tertiary/aromatic N) is 1. The summed E-state index contributed by atoms with van der Waals surface area (Å²) in [6.07, 6.45) is 3.27. The smallest absolute Gasteiger partial charge is 0.269 e. The zero-order chi connectivity index (χ0) is 19.1. The minimum absolute atomic E-state index is 0.00797. The van der Waals surface area contributed by atoms with Crippen LogP contribution in [0.25, 0.3) is 0 Å². The summed E-state index contributed by atoms with van der Waals surface area (Å²) in [5.41, 5.74) is 2.49. The number of non-ortho nitro benzene ring substituents is 1. The van der Waals surface area contributed by atoms with Crippen LogP contribution in [0, 0.1) is 17.0 Å². The van der Waals surface area contributed by atoms with E-state index in [1.54, 1.807) is 6.92 Å². The zero-order valence-corrected chi connectivity index (χ0v) is 16.3. The lowest BCUT2D eigenvalue weighted by atomic mass is 10.1. The van der Waals surface area contributed by atoms with Crippen molar-refractivity contribution < 1.29 is 14.5 Å². The number of aryl methyl sites for hydroxylation is 2. The van der Waals surface area contributed by atoms with Gasteiger partial charge in [-0.15, -0.1) is 0 Å². The highest BCUT2D eigenvalue weighted by molar-refractivity contribution is 9.10. The van der Waals surface area contributed by atoms with Gasteiger partial charge in [-0.25, -0.2) is 0 Å². The minimum atomic E-state index is -0.467. The first-order valence-electron chi connectivity index (χ1n) is 8.36. The third-order valence-corrected chi connectivity index (χ3v) is 4.51. The molecule has 0 spiro atoms. The van der Waals surface area contributed by atoms with E-state index in [2.05, 4.69) is 28.2 Å². The molecule has 26 heavy (non-hydrogen) atoms.